The summed E-state index contributed by atoms with van der Waals surface area (Å²) in [6.45, 7) is -0.613. The van der Waals surface area contributed by atoms with Crippen LogP contribution in [-0.4, -0.2) is 43.2 Å². The van der Waals surface area contributed by atoms with Gasteiger partial charge in [0.25, 0.3) is 5.91 Å². The second-order valence-electron chi connectivity index (χ2n) is 5.02. The number of aromatic hydroxyl groups is 1. The molecule has 0 atom stereocenters. The summed E-state index contributed by atoms with van der Waals surface area (Å²) in [5, 5.41) is 25.6. The van der Waals surface area contributed by atoms with Gasteiger partial charge < -0.3 is 20.3 Å². The van der Waals surface area contributed by atoms with Crippen LogP contribution >= 0.6 is 23.2 Å². The lowest BCUT2D eigenvalue weighted by Gasteiger charge is -2.11. The van der Waals surface area contributed by atoms with Crippen molar-refractivity contribution in [2.24, 2.45) is 0 Å². The van der Waals surface area contributed by atoms with Gasteiger partial charge in [-0.05, 0) is 18.2 Å². The van der Waals surface area contributed by atoms with E-state index in [0.717, 1.165) is 12.4 Å². The van der Waals surface area contributed by atoms with Crippen LogP contribution in [0.2, 0.25) is 10.0 Å². The number of ether oxygens (including phenoxy) is 1. The molecule has 0 radical (unpaired) electrons. The Hall–Kier alpha value is -3.04. The van der Waals surface area contributed by atoms with Crippen molar-refractivity contribution >= 4 is 40.7 Å². The van der Waals surface area contributed by atoms with E-state index in [1.807, 2.05) is 0 Å². The zero-order chi connectivity index (χ0) is 18.8. The molecule has 3 N–H and O–H groups in total. The van der Waals surface area contributed by atoms with E-state index in [-0.39, 0.29) is 22.8 Å². The number of carbonyl (C=O) groups is 2. The molecule has 26 heavy (non-hydrogen) atoms. The van der Waals surface area contributed by atoms with Crippen molar-refractivity contribution in [3.63, 3.8) is 0 Å². The SMILES string of the molecule is O=C(O)CNC(=O)c1c(O)cc(Oc2cc(Cl)cc(Cl)c2)n2ncnc12. The molecular formula is C15H10Cl2N4O5. The highest BCUT2D eigenvalue weighted by Gasteiger charge is 2.21. The van der Waals surface area contributed by atoms with Crippen molar-refractivity contribution in [2.45, 2.75) is 0 Å². The Balaban J connectivity index is 2.01. The average molecular weight is 397 g/mol. The van der Waals surface area contributed by atoms with Crippen LogP contribution in [-0.2, 0) is 4.79 Å². The number of fused-ring (bicyclic) bond motifs is 1. The van der Waals surface area contributed by atoms with Gasteiger partial charge in [0.15, 0.2) is 5.65 Å². The van der Waals surface area contributed by atoms with Gasteiger partial charge >= 0.3 is 5.97 Å². The van der Waals surface area contributed by atoms with E-state index in [2.05, 4.69) is 15.4 Å². The molecule has 1 amide bonds. The molecule has 0 aliphatic heterocycles. The fourth-order valence-corrected chi connectivity index (χ4v) is 2.69. The number of hydrogen-bond acceptors (Lipinski definition) is 6. The number of carboxylic acid groups (broad SMARTS) is 1. The lowest BCUT2D eigenvalue weighted by Crippen LogP contribution is -2.29. The molecule has 2 aromatic heterocycles. The highest BCUT2D eigenvalue weighted by Crippen LogP contribution is 2.32. The first-order valence-corrected chi connectivity index (χ1v) is 7.80. The molecule has 11 heteroatoms. The van der Waals surface area contributed by atoms with Crippen LogP contribution < -0.4 is 10.1 Å². The third-order valence-corrected chi connectivity index (χ3v) is 3.62. The summed E-state index contributed by atoms with van der Waals surface area (Å²) in [6.07, 6.45) is 1.15. The number of benzene rings is 1. The molecule has 0 saturated heterocycles. The number of nitrogens with zero attached hydrogens (tertiary/aromatic N) is 3. The van der Waals surface area contributed by atoms with E-state index in [9.17, 15) is 14.7 Å². The quantitative estimate of drug-likeness (QED) is 0.603. The maximum absolute atomic E-state index is 12.1. The molecule has 1 aromatic carbocycles. The van der Waals surface area contributed by atoms with Crippen LogP contribution in [0, 0.1) is 0 Å². The second kappa shape index (κ2) is 7.06. The molecule has 0 spiro atoms. The summed E-state index contributed by atoms with van der Waals surface area (Å²) in [7, 11) is 0. The Kier molecular flexibility index (Phi) is 4.83. The molecule has 0 saturated carbocycles. The first-order valence-electron chi connectivity index (χ1n) is 7.05. The number of aliphatic carboxylic acids is 1. The minimum Gasteiger partial charge on any atom is -0.507 e. The Bertz CT molecular complexity index is 1000. The van der Waals surface area contributed by atoms with Crippen molar-refractivity contribution in [3.05, 3.63) is 46.2 Å². The van der Waals surface area contributed by atoms with Crippen LogP contribution in [0.25, 0.3) is 5.65 Å². The van der Waals surface area contributed by atoms with Crippen LogP contribution in [0.15, 0.2) is 30.6 Å². The average Bonchev–Trinajstić information content (AvgIpc) is 3.01. The number of carbonyl (C=O) groups excluding carboxylic acids is 1. The molecule has 9 nitrogen and oxygen atoms in total. The van der Waals surface area contributed by atoms with E-state index in [4.69, 9.17) is 33.0 Å². The number of nitrogens with one attached hydrogen (secondary N) is 1. The van der Waals surface area contributed by atoms with Gasteiger partial charge in [-0.15, -0.1) is 0 Å². The lowest BCUT2D eigenvalue weighted by molar-refractivity contribution is -0.135. The highest BCUT2D eigenvalue weighted by atomic mass is 35.5. The minimum absolute atomic E-state index is 0.0176. The summed E-state index contributed by atoms with van der Waals surface area (Å²) in [5.74, 6) is -2.19. The van der Waals surface area contributed by atoms with Crippen LogP contribution in [0.3, 0.4) is 0 Å². The van der Waals surface area contributed by atoms with Gasteiger partial charge in [0.05, 0.1) is 0 Å². The molecule has 3 aromatic rings. The molecule has 0 unspecified atom stereocenters. The first-order chi connectivity index (χ1) is 12.3. The summed E-state index contributed by atoms with van der Waals surface area (Å²) < 4.78 is 6.80. The van der Waals surface area contributed by atoms with Gasteiger partial charge in [-0.2, -0.15) is 9.61 Å². The van der Waals surface area contributed by atoms with Gasteiger partial charge in [-0.1, -0.05) is 23.2 Å². The number of pyridine rings is 1. The molecule has 0 bridgehead atoms. The van der Waals surface area contributed by atoms with E-state index in [1.54, 1.807) is 0 Å². The van der Waals surface area contributed by atoms with Crippen LogP contribution in [0.5, 0.6) is 17.4 Å². The summed E-state index contributed by atoms with van der Waals surface area (Å²) >= 11 is 11.8. The fourth-order valence-electron chi connectivity index (χ4n) is 2.18. The molecule has 0 aliphatic carbocycles. The van der Waals surface area contributed by atoms with E-state index in [0.29, 0.717) is 10.0 Å². The molecular weight excluding hydrogens is 387 g/mol. The molecule has 0 fully saturated rings. The summed E-state index contributed by atoms with van der Waals surface area (Å²) in [6, 6.07) is 5.67. The van der Waals surface area contributed by atoms with Crippen molar-refractivity contribution < 1.29 is 24.5 Å². The van der Waals surface area contributed by atoms with E-state index < -0.39 is 24.2 Å². The van der Waals surface area contributed by atoms with Crippen molar-refractivity contribution in [1.29, 1.82) is 0 Å². The molecule has 2 heterocycles. The molecule has 3 rings (SSSR count). The highest BCUT2D eigenvalue weighted by molar-refractivity contribution is 6.34. The zero-order valence-electron chi connectivity index (χ0n) is 12.8. The topological polar surface area (TPSA) is 126 Å². The Morgan fingerprint density at radius 1 is 1.19 bits per heavy atom. The maximum Gasteiger partial charge on any atom is 0.322 e. The lowest BCUT2D eigenvalue weighted by atomic mass is 10.2. The van der Waals surface area contributed by atoms with Crippen molar-refractivity contribution in [3.8, 4) is 17.4 Å². The van der Waals surface area contributed by atoms with Crippen LogP contribution in [0.4, 0.5) is 0 Å². The standard InChI is InChI=1S/C15H10Cl2N4O5/c16-7-1-8(17)3-9(2-7)26-11-4-10(22)13(14-19-6-20-21(11)14)15(25)18-5-12(23)24/h1-4,6,22H,5H2,(H,18,25)(H,23,24). The normalized spacial score (nSPS) is 10.7. The van der Waals surface area contributed by atoms with Crippen molar-refractivity contribution in [2.75, 3.05) is 6.54 Å². The number of carboxylic acids is 1. The first kappa shape index (κ1) is 17.8. The van der Waals surface area contributed by atoms with Gasteiger partial charge in [-0.3, -0.25) is 9.59 Å². The number of rotatable bonds is 5. The third kappa shape index (κ3) is 3.63. The van der Waals surface area contributed by atoms with Crippen LogP contribution in [0.1, 0.15) is 10.4 Å². The smallest absolute Gasteiger partial charge is 0.322 e. The molecule has 134 valence electrons. The number of hydrogen-bond donors (Lipinski definition) is 3. The van der Waals surface area contributed by atoms with Gasteiger partial charge in [-0.25, -0.2) is 4.98 Å². The number of halogens is 2. The predicted octanol–water partition coefficient (Wildman–Crippen LogP) is 2.35. The largest absolute Gasteiger partial charge is 0.507 e. The van der Waals surface area contributed by atoms with Gasteiger partial charge in [0, 0.05) is 16.1 Å². The van der Waals surface area contributed by atoms with E-state index in [1.165, 1.54) is 22.7 Å². The third-order valence-electron chi connectivity index (χ3n) is 3.18. The monoisotopic (exact) mass is 396 g/mol. The van der Waals surface area contributed by atoms with Gasteiger partial charge in [0.1, 0.15) is 29.9 Å². The second-order valence-corrected chi connectivity index (χ2v) is 5.89. The maximum atomic E-state index is 12.1. The predicted molar refractivity (Wildman–Crippen MR) is 91.2 cm³/mol. The number of aromatic nitrogens is 3. The minimum atomic E-state index is -1.23. The van der Waals surface area contributed by atoms with Gasteiger partial charge in [0.2, 0.25) is 5.88 Å². The van der Waals surface area contributed by atoms with Crippen molar-refractivity contribution in [1.82, 2.24) is 19.9 Å². The Labute approximate surface area is 155 Å². The molecule has 0 aliphatic rings. The fraction of sp³-hybridized carbons (Fsp3) is 0.0667. The summed E-state index contributed by atoms with van der Waals surface area (Å²) in [4.78, 5) is 26.7. The Morgan fingerprint density at radius 2 is 1.88 bits per heavy atom. The van der Waals surface area contributed by atoms with E-state index >= 15 is 0 Å². The Morgan fingerprint density at radius 3 is 2.54 bits per heavy atom. The summed E-state index contributed by atoms with van der Waals surface area (Å²) in [5.41, 5.74) is -0.253. The zero-order valence-corrected chi connectivity index (χ0v) is 14.3. The number of amides is 1.